The van der Waals surface area contributed by atoms with Crippen LogP contribution in [0.1, 0.15) is 75.6 Å². The third kappa shape index (κ3) is 3.48. The van der Waals surface area contributed by atoms with Gasteiger partial charge in [0.05, 0.1) is 5.56 Å². The number of hydrogen-bond donors (Lipinski definition) is 4. The molecule has 0 unspecified atom stereocenters. The summed E-state index contributed by atoms with van der Waals surface area (Å²) >= 11 is 0. The molecular weight excluding hydrogens is 496 g/mol. The van der Waals surface area contributed by atoms with Gasteiger partial charge in [0, 0.05) is 28.4 Å². The molecule has 3 aliphatic carbocycles. The summed E-state index contributed by atoms with van der Waals surface area (Å²) in [5.74, 6) is -3.91. The molecule has 0 aromatic heterocycles. The molecule has 204 valence electrons. The van der Waals surface area contributed by atoms with Crippen LogP contribution in [0.4, 0.5) is 0 Å². The average Bonchev–Trinajstić information content (AvgIpc) is 2.80. The third-order valence-electron chi connectivity index (χ3n) is 9.01. The van der Waals surface area contributed by atoms with E-state index in [-0.39, 0.29) is 42.1 Å². The van der Waals surface area contributed by atoms with Crippen LogP contribution in [-0.2, 0) is 20.8 Å². The number of carbonyl (C=O) groups is 3. The minimum Gasteiger partial charge on any atom is -0.508 e. The molecule has 0 amide bonds. The topological polar surface area (TPSA) is 132 Å². The predicted molar refractivity (Wildman–Crippen MR) is 146 cm³/mol. The first-order valence-electron chi connectivity index (χ1n) is 13.2. The number of aryl methyl sites for hydroxylation is 1. The second-order valence-corrected chi connectivity index (χ2v) is 12.4. The summed E-state index contributed by atoms with van der Waals surface area (Å²) in [5, 5.41) is 46.2. The zero-order valence-corrected chi connectivity index (χ0v) is 23.1. The Morgan fingerprint density at radius 3 is 2.28 bits per heavy atom. The number of aliphatic hydroxyl groups is 3. The molecule has 4 N–H and O–H groups in total. The van der Waals surface area contributed by atoms with Gasteiger partial charge in [-0.15, -0.1) is 0 Å². The highest BCUT2D eigenvalue weighted by molar-refractivity contribution is 6.23. The largest absolute Gasteiger partial charge is 0.508 e. The number of carbonyl (C=O) groups excluding carboxylic acids is 3. The molecule has 0 aliphatic heterocycles. The molecular formula is C32H34O7. The van der Waals surface area contributed by atoms with Gasteiger partial charge in [-0.1, -0.05) is 57.5 Å². The fourth-order valence-electron chi connectivity index (χ4n) is 7.29. The van der Waals surface area contributed by atoms with Crippen LogP contribution in [0.15, 0.2) is 47.2 Å². The summed E-state index contributed by atoms with van der Waals surface area (Å²) in [6.45, 7) is 10.4. The van der Waals surface area contributed by atoms with Crippen LogP contribution in [0.2, 0.25) is 0 Å². The quantitative estimate of drug-likeness (QED) is 0.390. The second kappa shape index (κ2) is 8.39. The highest BCUT2D eigenvalue weighted by atomic mass is 16.3. The lowest BCUT2D eigenvalue weighted by atomic mass is 9.47. The molecule has 0 radical (unpaired) electrons. The van der Waals surface area contributed by atoms with Crippen LogP contribution >= 0.6 is 0 Å². The minimum absolute atomic E-state index is 0.0223. The summed E-state index contributed by atoms with van der Waals surface area (Å²) in [5.41, 5.74) is -1.71. The van der Waals surface area contributed by atoms with Crippen LogP contribution < -0.4 is 0 Å². The van der Waals surface area contributed by atoms with Gasteiger partial charge in [0.25, 0.3) is 0 Å². The highest BCUT2D eigenvalue weighted by Crippen LogP contribution is 2.63. The second-order valence-electron chi connectivity index (χ2n) is 12.4. The summed E-state index contributed by atoms with van der Waals surface area (Å²) < 4.78 is 0. The van der Waals surface area contributed by atoms with E-state index < -0.39 is 50.9 Å². The van der Waals surface area contributed by atoms with E-state index in [1.165, 1.54) is 0 Å². The van der Waals surface area contributed by atoms with Crippen molar-refractivity contribution in [2.75, 3.05) is 0 Å². The van der Waals surface area contributed by atoms with Crippen molar-refractivity contribution >= 4 is 23.1 Å². The lowest BCUT2D eigenvalue weighted by Crippen LogP contribution is -2.65. The van der Waals surface area contributed by atoms with Gasteiger partial charge in [-0.05, 0) is 55.4 Å². The van der Waals surface area contributed by atoms with Crippen molar-refractivity contribution in [1.82, 2.24) is 0 Å². The lowest BCUT2D eigenvalue weighted by Gasteiger charge is -2.56. The number of phenolic OH excluding ortho intramolecular Hbond substituents is 1. The Hall–Kier alpha value is -3.71. The highest BCUT2D eigenvalue weighted by Gasteiger charge is 2.68. The predicted octanol–water partition coefficient (Wildman–Crippen LogP) is 5.41. The summed E-state index contributed by atoms with van der Waals surface area (Å²) in [7, 11) is 0. The molecule has 0 bridgehead atoms. The Labute approximate surface area is 227 Å². The van der Waals surface area contributed by atoms with Gasteiger partial charge >= 0.3 is 0 Å². The first-order chi connectivity index (χ1) is 18.1. The monoisotopic (exact) mass is 530 g/mol. The van der Waals surface area contributed by atoms with E-state index in [1.54, 1.807) is 13.8 Å². The number of ketones is 3. The standard InChI is InChI=1S/C32H34O7/c1-15(2)19-11-20(18-9-7-8-16(3)10-18)26(35)24-21(19)12-30(5)14-31(6)13-22(34)23(17(4)33)28(37)32(31,39)29(38)25(30)27(24)36/h7-11,15,35-37,39H,12-14H2,1-6H3/t30-,31+,32+/m1/s1. The Balaban J connectivity index is 1.83. The van der Waals surface area contributed by atoms with Crippen LogP contribution in [0.5, 0.6) is 5.75 Å². The maximum atomic E-state index is 14.2. The van der Waals surface area contributed by atoms with Crippen molar-refractivity contribution in [3.05, 3.63) is 69.5 Å². The third-order valence-corrected chi connectivity index (χ3v) is 9.01. The average molecular weight is 531 g/mol. The number of aromatic hydroxyl groups is 1. The number of allylic oxidation sites excluding steroid dienone is 1. The van der Waals surface area contributed by atoms with Crippen molar-refractivity contribution in [2.24, 2.45) is 10.8 Å². The van der Waals surface area contributed by atoms with Gasteiger partial charge < -0.3 is 20.4 Å². The molecule has 1 fully saturated rings. The Kier molecular flexibility index (Phi) is 5.78. The molecule has 0 heterocycles. The zero-order valence-electron chi connectivity index (χ0n) is 23.1. The fourth-order valence-corrected chi connectivity index (χ4v) is 7.29. The molecule has 5 rings (SSSR count). The minimum atomic E-state index is -2.58. The zero-order chi connectivity index (χ0) is 28.8. The molecule has 7 heteroatoms. The van der Waals surface area contributed by atoms with E-state index in [4.69, 9.17) is 0 Å². The Morgan fingerprint density at radius 1 is 1.03 bits per heavy atom. The van der Waals surface area contributed by atoms with Gasteiger partial charge in [0.1, 0.15) is 22.8 Å². The molecule has 0 spiro atoms. The molecule has 3 atom stereocenters. The van der Waals surface area contributed by atoms with E-state index in [0.29, 0.717) is 11.1 Å². The van der Waals surface area contributed by atoms with E-state index in [0.717, 1.165) is 23.6 Å². The van der Waals surface area contributed by atoms with Gasteiger partial charge in [0.15, 0.2) is 17.2 Å². The van der Waals surface area contributed by atoms with Crippen molar-refractivity contribution in [1.29, 1.82) is 0 Å². The molecule has 7 nitrogen and oxygen atoms in total. The molecule has 1 saturated carbocycles. The van der Waals surface area contributed by atoms with Crippen LogP contribution in [0.3, 0.4) is 0 Å². The number of benzene rings is 2. The number of Topliss-reactive ketones (excluding diaryl/α,β-unsaturated/α-hetero) is 3. The summed E-state index contributed by atoms with van der Waals surface area (Å²) in [6, 6.07) is 9.53. The van der Waals surface area contributed by atoms with Gasteiger partial charge in [-0.3, -0.25) is 14.4 Å². The van der Waals surface area contributed by atoms with Gasteiger partial charge in [-0.2, -0.15) is 0 Å². The number of rotatable bonds is 3. The van der Waals surface area contributed by atoms with E-state index in [2.05, 4.69) is 0 Å². The van der Waals surface area contributed by atoms with Crippen molar-refractivity contribution < 1.29 is 34.8 Å². The number of aliphatic hydroxyl groups excluding tert-OH is 2. The number of hydrogen-bond acceptors (Lipinski definition) is 7. The van der Waals surface area contributed by atoms with E-state index in [1.807, 2.05) is 51.1 Å². The van der Waals surface area contributed by atoms with Crippen molar-refractivity contribution in [2.45, 2.75) is 72.3 Å². The molecule has 2 aromatic carbocycles. The lowest BCUT2D eigenvalue weighted by molar-refractivity contribution is -0.164. The van der Waals surface area contributed by atoms with E-state index in [9.17, 15) is 34.8 Å². The Morgan fingerprint density at radius 2 is 1.69 bits per heavy atom. The Bertz CT molecular complexity index is 1560. The fraction of sp³-hybridized carbons (Fsp3) is 0.406. The van der Waals surface area contributed by atoms with E-state index >= 15 is 0 Å². The van der Waals surface area contributed by atoms with Crippen molar-refractivity contribution in [3.8, 4) is 16.9 Å². The van der Waals surface area contributed by atoms with Crippen molar-refractivity contribution in [3.63, 3.8) is 0 Å². The van der Waals surface area contributed by atoms with Gasteiger partial charge in [-0.25, -0.2) is 0 Å². The summed E-state index contributed by atoms with van der Waals surface area (Å²) in [4.78, 5) is 39.3. The SMILES string of the molecule is CC(=O)C1=C(O)[C@]2(O)C(=O)C3=C(O)c4c(O)c(-c5cccc(C)c5)cc(C(C)C)c4C[C@]3(C)C[C@]2(C)CC1=O. The van der Waals surface area contributed by atoms with Crippen LogP contribution in [0.25, 0.3) is 16.9 Å². The van der Waals surface area contributed by atoms with Crippen LogP contribution in [0, 0.1) is 17.8 Å². The normalized spacial score (nSPS) is 28.4. The van der Waals surface area contributed by atoms with Gasteiger partial charge in [0.2, 0.25) is 5.78 Å². The number of fused-ring (bicyclic) bond motifs is 3. The summed E-state index contributed by atoms with van der Waals surface area (Å²) in [6.07, 6.45) is 0.0474. The smallest absolute Gasteiger partial charge is 0.203 e. The molecule has 39 heavy (non-hydrogen) atoms. The first kappa shape index (κ1) is 26.9. The molecule has 2 aromatic rings. The number of phenols is 1. The maximum absolute atomic E-state index is 14.2. The maximum Gasteiger partial charge on any atom is 0.203 e. The molecule has 0 saturated heterocycles. The first-order valence-corrected chi connectivity index (χ1v) is 13.2. The van der Waals surface area contributed by atoms with Crippen LogP contribution in [-0.4, -0.2) is 43.4 Å². The molecule has 3 aliphatic rings.